The molecule has 2 heterocycles. The maximum atomic E-state index is 12.7. The fourth-order valence-corrected chi connectivity index (χ4v) is 2.40. The molecule has 4 nitrogen and oxygen atoms in total. The van der Waals surface area contributed by atoms with Crippen LogP contribution in [0.5, 0.6) is 0 Å². The number of nitrogens with one attached hydrogen (secondary N) is 1. The molecule has 0 spiro atoms. The van der Waals surface area contributed by atoms with Gasteiger partial charge in [-0.25, -0.2) is 9.97 Å². The summed E-state index contributed by atoms with van der Waals surface area (Å²) in [6, 6.07) is 7.78. The SMILES string of the molecule is O=C1CC(c2ccc(-c3nccc(C(F)(F)F)n3)cc2)CN1. The summed E-state index contributed by atoms with van der Waals surface area (Å²) in [7, 11) is 0. The Bertz CT molecular complexity index is 698. The van der Waals surface area contributed by atoms with Gasteiger partial charge >= 0.3 is 6.18 Å². The van der Waals surface area contributed by atoms with Gasteiger partial charge in [-0.1, -0.05) is 24.3 Å². The number of benzene rings is 1. The number of aromatic nitrogens is 2. The fourth-order valence-electron chi connectivity index (χ4n) is 2.40. The molecule has 1 saturated heterocycles. The first kappa shape index (κ1) is 14.5. The molecule has 114 valence electrons. The van der Waals surface area contributed by atoms with Gasteiger partial charge in [-0.05, 0) is 11.6 Å². The molecule has 1 aromatic carbocycles. The zero-order valence-corrected chi connectivity index (χ0v) is 11.4. The van der Waals surface area contributed by atoms with Crippen LogP contribution < -0.4 is 5.32 Å². The van der Waals surface area contributed by atoms with Gasteiger partial charge in [0.1, 0.15) is 5.69 Å². The van der Waals surface area contributed by atoms with E-state index in [2.05, 4.69) is 15.3 Å². The van der Waals surface area contributed by atoms with Crippen molar-refractivity contribution in [2.45, 2.75) is 18.5 Å². The van der Waals surface area contributed by atoms with Crippen molar-refractivity contribution in [1.82, 2.24) is 15.3 Å². The van der Waals surface area contributed by atoms with E-state index in [1.807, 2.05) is 0 Å². The van der Waals surface area contributed by atoms with Crippen molar-refractivity contribution in [2.75, 3.05) is 6.54 Å². The maximum Gasteiger partial charge on any atom is 0.433 e. The number of carbonyl (C=O) groups is 1. The minimum Gasteiger partial charge on any atom is -0.355 e. The molecular weight excluding hydrogens is 295 g/mol. The lowest BCUT2D eigenvalue weighted by Crippen LogP contribution is -2.13. The highest BCUT2D eigenvalue weighted by Crippen LogP contribution is 2.29. The van der Waals surface area contributed by atoms with Gasteiger partial charge in [0.05, 0.1) is 0 Å². The van der Waals surface area contributed by atoms with Gasteiger partial charge in [0.2, 0.25) is 5.91 Å². The smallest absolute Gasteiger partial charge is 0.355 e. The highest BCUT2D eigenvalue weighted by atomic mass is 19.4. The van der Waals surface area contributed by atoms with Gasteiger partial charge in [-0.3, -0.25) is 4.79 Å². The van der Waals surface area contributed by atoms with E-state index in [1.54, 1.807) is 24.3 Å². The van der Waals surface area contributed by atoms with Gasteiger partial charge in [0.15, 0.2) is 5.82 Å². The first-order valence-corrected chi connectivity index (χ1v) is 6.71. The lowest BCUT2D eigenvalue weighted by atomic mass is 9.97. The molecule has 3 rings (SSSR count). The highest BCUT2D eigenvalue weighted by molar-refractivity contribution is 5.79. The fraction of sp³-hybridized carbons (Fsp3) is 0.267. The van der Waals surface area contributed by atoms with Crippen LogP contribution in [0.25, 0.3) is 11.4 Å². The van der Waals surface area contributed by atoms with Gasteiger partial charge in [0, 0.05) is 30.6 Å². The van der Waals surface area contributed by atoms with Crippen LogP contribution in [-0.4, -0.2) is 22.4 Å². The van der Waals surface area contributed by atoms with E-state index in [4.69, 9.17) is 0 Å². The number of carbonyl (C=O) groups excluding carboxylic acids is 1. The van der Waals surface area contributed by atoms with Crippen LogP contribution in [-0.2, 0) is 11.0 Å². The number of nitrogens with zero attached hydrogens (tertiary/aromatic N) is 2. The molecule has 1 amide bonds. The molecule has 1 fully saturated rings. The summed E-state index contributed by atoms with van der Waals surface area (Å²) >= 11 is 0. The number of hydrogen-bond donors (Lipinski definition) is 1. The lowest BCUT2D eigenvalue weighted by Gasteiger charge is -2.09. The maximum absolute atomic E-state index is 12.7. The van der Waals surface area contributed by atoms with Gasteiger partial charge in [-0.2, -0.15) is 13.2 Å². The third-order valence-corrected chi connectivity index (χ3v) is 3.56. The molecule has 22 heavy (non-hydrogen) atoms. The van der Waals surface area contributed by atoms with E-state index in [1.165, 1.54) is 0 Å². The molecule has 1 atom stereocenters. The predicted octanol–water partition coefficient (Wildman–Crippen LogP) is 2.77. The van der Waals surface area contributed by atoms with Crippen molar-refractivity contribution in [3.05, 3.63) is 47.8 Å². The highest BCUT2D eigenvalue weighted by Gasteiger charge is 2.32. The second kappa shape index (κ2) is 5.40. The monoisotopic (exact) mass is 307 g/mol. The Morgan fingerprint density at radius 2 is 1.86 bits per heavy atom. The number of halogens is 3. The van der Waals surface area contributed by atoms with Gasteiger partial charge in [-0.15, -0.1) is 0 Å². The Kier molecular flexibility index (Phi) is 3.56. The first-order chi connectivity index (χ1) is 10.4. The molecule has 1 aliphatic rings. The number of rotatable bonds is 2. The quantitative estimate of drug-likeness (QED) is 0.928. The van der Waals surface area contributed by atoms with Crippen molar-refractivity contribution in [2.24, 2.45) is 0 Å². The Balaban J connectivity index is 1.85. The summed E-state index contributed by atoms with van der Waals surface area (Å²) in [5.74, 6) is 0.140. The zero-order valence-electron chi connectivity index (χ0n) is 11.4. The van der Waals surface area contributed by atoms with Crippen molar-refractivity contribution in [3.63, 3.8) is 0 Å². The van der Waals surface area contributed by atoms with Crippen molar-refractivity contribution in [1.29, 1.82) is 0 Å². The third kappa shape index (κ3) is 2.93. The molecule has 1 aliphatic heterocycles. The second-order valence-electron chi connectivity index (χ2n) is 5.09. The Hall–Kier alpha value is -2.44. The lowest BCUT2D eigenvalue weighted by molar-refractivity contribution is -0.141. The van der Waals surface area contributed by atoms with Crippen LogP contribution in [0, 0.1) is 0 Å². The number of amides is 1. The molecule has 1 aromatic heterocycles. The van der Waals surface area contributed by atoms with E-state index in [9.17, 15) is 18.0 Å². The van der Waals surface area contributed by atoms with E-state index in [0.29, 0.717) is 18.5 Å². The van der Waals surface area contributed by atoms with Crippen LogP contribution in [0.1, 0.15) is 23.6 Å². The summed E-state index contributed by atoms with van der Waals surface area (Å²) in [6.45, 7) is 0.582. The topological polar surface area (TPSA) is 54.9 Å². The summed E-state index contributed by atoms with van der Waals surface area (Å²) < 4.78 is 38.0. The molecule has 0 bridgehead atoms. The van der Waals surface area contributed by atoms with Crippen LogP contribution in [0.2, 0.25) is 0 Å². The summed E-state index contributed by atoms with van der Waals surface area (Å²) in [5, 5.41) is 2.75. The second-order valence-corrected chi connectivity index (χ2v) is 5.09. The van der Waals surface area contributed by atoms with Crippen LogP contribution in [0.3, 0.4) is 0 Å². The van der Waals surface area contributed by atoms with Crippen molar-refractivity contribution < 1.29 is 18.0 Å². The number of alkyl halides is 3. The standard InChI is InChI=1S/C15H12F3N3O/c16-15(17,18)12-5-6-19-14(21-12)10-3-1-9(2-4-10)11-7-13(22)20-8-11/h1-6,11H,7-8H2,(H,20,22). The molecule has 1 N–H and O–H groups in total. The third-order valence-electron chi connectivity index (χ3n) is 3.56. The normalized spacial score (nSPS) is 18.3. The van der Waals surface area contributed by atoms with Crippen molar-refractivity contribution >= 4 is 5.91 Å². The van der Waals surface area contributed by atoms with Gasteiger partial charge in [0.25, 0.3) is 0 Å². The minimum atomic E-state index is -4.49. The molecule has 2 aromatic rings. The minimum absolute atomic E-state index is 0.00953. The molecule has 0 aliphatic carbocycles. The van der Waals surface area contributed by atoms with Crippen LogP contribution >= 0.6 is 0 Å². The number of hydrogen-bond acceptors (Lipinski definition) is 3. The van der Waals surface area contributed by atoms with E-state index in [0.717, 1.165) is 17.8 Å². The largest absolute Gasteiger partial charge is 0.433 e. The molecule has 0 saturated carbocycles. The van der Waals surface area contributed by atoms with Gasteiger partial charge < -0.3 is 5.32 Å². The first-order valence-electron chi connectivity index (χ1n) is 6.71. The predicted molar refractivity (Wildman–Crippen MR) is 72.8 cm³/mol. The summed E-state index contributed by atoms with van der Waals surface area (Å²) in [6.07, 6.45) is -2.97. The Morgan fingerprint density at radius 1 is 1.14 bits per heavy atom. The average Bonchev–Trinajstić information content (AvgIpc) is 2.93. The molecule has 1 unspecified atom stereocenters. The summed E-state index contributed by atoms with van der Waals surface area (Å²) in [5.41, 5.74) is 0.508. The zero-order chi connectivity index (χ0) is 15.7. The molecular formula is C15H12F3N3O. The van der Waals surface area contributed by atoms with E-state index >= 15 is 0 Å². The average molecular weight is 307 g/mol. The molecule has 7 heteroatoms. The Labute approximate surface area is 124 Å². The van der Waals surface area contributed by atoms with Crippen LogP contribution in [0.4, 0.5) is 13.2 Å². The van der Waals surface area contributed by atoms with Crippen molar-refractivity contribution in [3.8, 4) is 11.4 Å². The van der Waals surface area contributed by atoms with E-state index < -0.39 is 11.9 Å². The van der Waals surface area contributed by atoms with Crippen LogP contribution in [0.15, 0.2) is 36.5 Å². The molecule has 0 radical (unpaired) electrons. The Morgan fingerprint density at radius 3 is 2.45 bits per heavy atom. The summed E-state index contributed by atoms with van der Waals surface area (Å²) in [4.78, 5) is 18.6. The van der Waals surface area contributed by atoms with E-state index in [-0.39, 0.29) is 17.6 Å².